The van der Waals surface area contributed by atoms with Crippen LogP contribution in [-0.4, -0.2) is 53.4 Å². The summed E-state index contributed by atoms with van der Waals surface area (Å²) in [5.74, 6) is -0.0505. The molecule has 0 radical (unpaired) electrons. The molecule has 0 unspecified atom stereocenters. The largest absolute Gasteiger partial charge is 0.368 e. The predicted octanol–water partition coefficient (Wildman–Crippen LogP) is 1.99. The number of carbonyl (C=O) groups excluding carboxylic acids is 2. The minimum atomic E-state index is -0.350. The molecule has 7 heteroatoms. The summed E-state index contributed by atoms with van der Waals surface area (Å²) in [4.78, 5) is 34.9. The molecule has 0 aliphatic carbocycles. The van der Waals surface area contributed by atoms with Gasteiger partial charge in [-0.05, 0) is 30.0 Å². The number of hydrogen-bond acceptors (Lipinski definition) is 5. The molecule has 2 aliphatic heterocycles. The molecular weight excluding hydrogens is 336 g/mol. The number of anilines is 2. The summed E-state index contributed by atoms with van der Waals surface area (Å²) in [7, 11) is 0. The van der Waals surface area contributed by atoms with Crippen LogP contribution in [0.5, 0.6) is 0 Å². The van der Waals surface area contributed by atoms with Crippen LogP contribution in [0.2, 0.25) is 0 Å². The highest BCUT2D eigenvalue weighted by Gasteiger charge is 2.50. The zero-order chi connectivity index (χ0) is 17.4. The van der Waals surface area contributed by atoms with Crippen molar-refractivity contribution < 1.29 is 9.59 Å². The maximum atomic E-state index is 12.6. The van der Waals surface area contributed by atoms with Crippen molar-refractivity contribution in [1.82, 2.24) is 9.88 Å². The van der Waals surface area contributed by atoms with Gasteiger partial charge in [-0.2, -0.15) is 11.3 Å². The molecule has 0 saturated carbocycles. The second-order valence-corrected chi connectivity index (χ2v) is 7.45. The first-order valence-electron chi connectivity index (χ1n) is 8.35. The van der Waals surface area contributed by atoms with Gasteiger partial charge in [0.05, 0.1) is 29.7 Å². The van der Waals surface area contributed by atoms with Gasteiger partial charge >= 0.3 is 0 Å². The Morgan fingerprint density at radius 1 is 1.28 bits per heavy atom. The maximum absolute atomic E-state index is 12.6. The average molecular weight is 356 g/mol. The number of carbonyl (C=O) groups is 2. The Morgan fingerprint density at radius 2 is 2.16 bits per heavy atom. The van der Waals surface area contributed by atoms with Crippen molar-refractivity contribution in [2.75, 3.05) is 36.0 Å². The van der Waals surface area contributed by atoms with Crippen molar-refractivity contribution in [2.24, 2.45) is 0 Å². The summed E-state index contributed by atoms with van der Waals surface area (Å²) >= 11 is 1.58. The molecule has 130 valence electrons. The van der Waals surface area contributed by atoms with E-state index in [9.17, 15) is 9.59 Å². The first-order valence-corrected chi connectivity index (χ1v) is 9.29. The standard InChI is InChI=1S/C18H20N4O2S/c1-14(23)22-10-17(24)21(16-4-8-25-11-16)13-18(22)5-7-20(12-18)15-3-2-6-19-9-15/h2-4,6,8-9,11H,5,7,10,12-13H2,1H3/t18-/m1/s1. The van der Waals surface area contributed by atoms with E-state index < -0.39 is 0 Å². The molecular formula is C18H20N4O2S. The Labute approximate surface area is 150 Å². The van der Waals surface area contributed by atoms with Crippen LogP contribution in [0.15, 0.2) is 41.4 Å². The smallest absolute Gasteiger partial charge is 0.246 e. The van der Waals surface area contributed by atoms with Crippen molar-refractivity contribution in [3.8, 4) is 0 Å². The fourth-order valence-corrected chi connectivity index (χ4v) is 4.56. The summed E-state index contributed by atoms with van der Waals surface area (Å²) in [6.45, 7) is 3.81. The van der Waals surface area contributed by atoms with Gasteiger partial charge in [-0.1, -0.05) is 0 Å². The van der Waals surface area contributed by atoms with Crippen LogP contribution in [0.3, 0.4) is 0 Å². The predicted molar refractivity (Wildman–Crippen MR) is 97.9 cm³/mol. The number of thiophene rings is 1. The van der Waals surface area contributed by atoms with Gasteiger partial charge in [0.1, 0.15) is 6.54 Å². The van der Waals surface area contributed by atoms with Gasteiger partial charge in [-0.3, -0.25) is 14.6 Å². The second kappa shape index (κ2) is 6.15. The average Bonchev–Trinajstić information content (AvgIpc) is 3.28. The summed E-state index contributed by atoms with van der Waals surface area (Å²) in [5.41, 5.74) is 1.64. The Bertz CT molecular complexity index is 780. The third-order valence-corrected chi connectivity index (χ3v) is 5.83. The SMILES string of the molecule is CC(=O)N1CC(=O)N(c2ccsc2)C[C@]12CCN(c1cccnc1)C2. The highest BCUT2D eigenvalue weighted by molar-refractivity contribution is 7.08. The number of piperazine rings is 1. The molecule has 2 aromatic heterocycles. The highest BCUT2D eigenvalue weighted by atomic mass is 32.1. The molecule has 0 N–H and O–H groups in total. The summed E-state index contributed by atoms with van der Waals surface area (Å²) < 4.78 is 0. The van der Waals surface area contributed by atoms with Crippen LogP contribution in [0.1, 0.15) is 13.3 Å². The number of hydrogen-bond donors (Lipinski definition) is 0. The van der Waals surface area contributed by atoms with E-state index in [0.717, 1.165) is 24.3 Å². The van der Waals surface area contributed by atoms with E-state index in [-0.39, 0.29) is 23.9 Å². The topological polar surface area (TPSA) is 56.8 Å². The monoisotopic (exact) mass is 356 g/mol. The lowest BCUT2D eigenvalue weighted by Crippen LogP contribution is -2.66. The molecule has 4 heterocycles. The highest BCUT2D eigenvalue weighted by Crippen LogP contribution is 2.36. The Kier molecular flexibility index (Phi) is 3.95. The normalized spacial score (nSPS) is 23.6. The summed E-state index contributed by atoms with van der Waals surface area (Å²) in [6, 6.07) is 5.92. The van der Waals surface area contributed by atoms with Crippen molar-refractivity contribution in [3.63, 3.8) is 0 Å². The first kappa shape index (κ1) is 16.1. The summed E-state index contributed by atoms with van der Waals surface area (Å²) in [5, 5.41) is 3.96. The molecule has 4 rings (SSSR count). The van der Waals surface area contributed by atoms with Crippen LogP contribution < -0.4 is 9.80 Å². The number of pyridine rings is 1. The van der Waals surface area contributed by atoms with E-state index in [1.807, 2.05) is 40.1 Å². The van der Waals surface area contributed by atoms with Gasteiger partial charge in [0, 0.05) is 31.6 Å². The second-order valence-electron chi connectivity index (χ2n) is 6.67. The molecule has 2 saturated heterocycles. The van der Waals surface area contributed by atoms with Gasteiger partial charge in [-0.25, -0.2) is 0 Å². The molecule has 2 fully saturated rings. The van der Waals surface area contributed by atoms with Crippen molar-refractivity contribution >= 4 is 34.5 Å². The number of nitrogens with zero attached hydrogens (tertiary/aromatic N) is 4. The molecule has 2 aromatic rings. The fourth-order valence-electron chi connectivity index (χ4n) is 3.91. The zero-order valence-corrected chi connectivity index (χ0v) is 14.9. The number of amides is 2. The van der Waals surface area contributed by atoms with Gasteiger partial charge in [0.2, 0.25) is 11.8 Å². The van der Waals surface area contributed by atoms with Gasteiger partial charge in [0.25, 0.3) is 0 Å². The number of rotatable bonds is 2. The van der Waals surface area contributed by atoms with Crippen molar-refractivity contribution in [3.05, 3.63) is 41.4 Å². The van der Waals surface area contributed by atoms with E-state index in [1.54, 1.807) is 29.4 Å². The quantitative estimate of drug-likeness (QED) is 0.826. The molecule has 1 spiro atoms. The summed E-state index contributed by atoms with van der Waals surface area (Å²) in [6.07, 6.45) is 4.45. The molecule has 0 bridgehead atoms. The minimum absolute atomic E-state index is 0.0148. The molecule has 1 atom stereocenters. The zero-order valence-electron chi connectivity index (χ0n) is 14.1. The maximum Gasteiger partial charge on any atom is 0.246 e. The van der Waals surface area contributed by atoms with Crippen molar-refractivity contribution in [1.29, 1.82) is 0 Å². The third kappa shape index (κ3) is 2.78. The number of aromatic nitrogens is 1. The molecule has 25 heavy (non-hydrogen) atoms. The lowest BCUT2D eigenvalue weighted by Gasteiger charge is -2.48. The van der Waals surface area contributed by atoms with E-state index in [0.29, 0.717) is 13.1 Å². The Hall–Kier alpha value is -2.41. The van der Waals surface area contributed by atoms with E-state index >= 15 is 0 Å². The van der Waals surface area contributed by atoms with Crippen LogP contribution in [0.25, 0.3) is 0 Å². The molecule has 6 nitrogen and oxygen atoms in total. The molecule has 0 aromatic carbocycles. The van der Waals surface area contributed by atoms with Gasteiger partial charge < -0.3 is 14.7 Å². The van der Waals surface area contributed by atoms with Crippen LogP contribution in [0, 0.1) is 0 Å². The van der Waals surface area contributed by atoms with Crippen LogP contribution in [0.4, 0.5) is 11.4 Å². The van der Waals surface area contributed by atoms with Crippen molar-refractivity contribution in [2.45, 2.75) is 18.9 Å². The molecule has 2 amide bonds. The third-order valence-electron chi connectivity index (χ3n) is 5.16. The Balaban J connectivity index is 1.65. The minimum Gasteiger partial charge on any atom is -0.368 e. The van der Waals surface area contributed by atoms with Crippen LogP contribution in [-0.2, 0) is 9.59 Å². The Morgan fingerprint density at radius 3 is 2.84 bits per heavy atom. The van der Waals surface area contributed by atoms with Crippen LogP contribution >= 0.6 is 11.3 Å². The van der Waals surface area contributed by atoms with Gasteiger partial charge in [0.15, 0.2) is 0 Å². The lowest BCUT2D eigenvalue weighted by molar-refractivity contribution is -0.142. The fraction of sp³-hybridized carbons (Fsp3) is 0.389. The molecule has 2 aliphatic rings. The van der Waals surface area contributed by atoms with E-state index in [2.05, 4.69) is 9.88 Å². The lowest BCUT2D eigenvalue weighted by atomic mass is 9.92. The van der Waals surface area contributed by atoms with E-state index in [4.69, 9.17) is 0 Å². The van der Waals surface area contributed by atoms with Gasteiger partial charge in [-0.15, -0.1) is 0 Å². The van der Waals surface area contributed by atoms with E-state index in [1.165, 1.54) is 0 Å². The first-order chi connectivity index (χ1) is 12.1.